The minimum absolute atomic E-state index is 0.0638. The maximum Gasteiger partial charge on any atom is 0.241 e. The molecule has 2 aliphatic heterocycles. The maximum atomic E-state index is 13.8. The molecule has 2 atom stereocenters. The van der Waals surface area contributed by atoms with E-state index in [9.17, 15) is 9.59 Å². The Kier molecular flexibility index (Phi) is 14.4. The van der Waals surface area contributed by atoms with Crippen LogP contribution in [0.2, 0.25) is 0 Å². The number of hydrogen-bond acceptors (Lipinski definition) is 10. The highest BCUT2D eigenvalue weighted by Crippen LogP contribution is 2.40. The van der Waals surface area contributed by atoms with Crippen LogP contribution in [0.1, 0.15) is 44.5 Å². The number of carbonyl (C=O) groups excluding carboxylic acids is 2. The van der Waals surface area contributed by atoms with E-state index < -0.39 is 0 Å². The van der Waals surface area contributed by atoms with Crippen molar-refractivity contribution in [3.63, 3.8) is 0 Å². The minimum Gasteiger partial charge on any atom is -0.491 e. The minimum atomic E-state index is -0.224. The first-order chi connectivity index (χ1) is 22.7. The van der Waals surface area contributed by atoms with Gasteiger partial charge in [-0.1, -0.05) is 26.0 Å². The van der Waals surface area contributed by atoms with Gasteiger partial charge in [-0.25, -0.2) is 0 Å². The summed E-state index contributed by atoms with van der Waals surface area (Å²) in [6.45, 7) is 14.8. The Labute approximate surface area is 279 Å². The molecule has 12 nitrogen and oxygen atoms in total. The lowest BCUT2D eigenvalue weighted by Crippen LogP contribution is -2.59. The van der Waals surface area contributed by atoms with Gasteiger partial charge in [-0.15, -0.1) is 0 Å². The monoisotopic (exact) mass is 655 g/mol. The number of hydrogen-bond donors (Lipinski definition) is 2. The molecule has 4 rings (SSSR count). The number of amides is 2. The fourth-order valence-corrected chi connectivity index (χ4v) is 5.98. The van der Waals surface area contributed by atoms with Gasteiger partial charge in [-0.05, 0) is 42.7 Å². The van der Waals surface area contributed by atoms with Crippen molar-refractivity contribution in [1.29, 1.82) is 0 Å². The average molecular weight is 656 g/mol. The summed E-state index contributed by atoms with van der Waals surface area (Å²) < 4.78 is 27.9. The SMILES string of the molecule is COC[C@H]1CN[C@H](C)CN1CC(=O)N1CC(C)(C)c2ncc(Cc3cccc(OCCOCCOCCOCCNC(C)=O)c3)cc21. The highest BCUT2D eigenvalue weighted by atomic mass is 16.6. The number of nitrogens with zero attached hydrogens (tertiary/aromatic N) is 3. The molecular formula is C35H53N5O7. The van der Waals surface area contributed by atoms with E-state index in [0.29, 0.717) is 85.0 Å². The summed E-state index contributed by atoms with van der Waals surface area (Å²) in [5.41, 5.74) is 3.80. The van der Waals surface area contributed by atoms with Crippen LogP contribution in [-0.4, -0.2) is 126 Å². The molecule has 2 amide bonds. The Hall–Kier alpha value is -3.13. The zero-order chi connectivity index (χ0) is 33.6. The van der Waals surface area contributed by atoms with E-state index in [0.717, 1.165) is 41.3 Å². The summed E-state index contributed by atoms with van der Waals surface area (Å²) in [7, 11) is 1.71. The van der Waals surface area contributed by atoms with E-state index in [1.165, 1.54) is 6.92 Å². The molecule has 0 spiro atoms. The Morgan fingerprint density at radius 2 is 1.74 bits per heavy atom. The van der Waals surface area contributed by atoms with Gasteiger partial charge in [0.25, 0.3) is 0 Å². The van der Waals surface area contributed by atoms with Crippen molar-refractivity contribution >= 4 is 17.5 Å². The van der Waals surface area contributed by atoms with E-state index in [-0.39, 0.29) is 23.3 Å². The van der Waals surface area contributed by atoms with Crippen LogP contribution in [0, 0.1) is 0 Å². The molecule has 2 aromatic rings. The molecule has 0 saturated carbocycles. The zero-order valence-corrected chi connectivity index (χ0v) is 28.7. The summed E-state index contributed by atoms with van der Waals surface area (Å²) in [5, 5.41) is 6.17. The molecular weight excluding hydrogens is 602 g/mol. The molecule has 1 saturated heterocycles. The third-order valence-electron chi connectivity index (χ3n) is 8.30. The maximum absolute atomic E-state index is 13.8. The summed E-state index contributed by atoms with van der Waals surface area (Å²) in [5.74, 6) is 0.812. The molecule has 0 unspecified atom stereocenters. The van der Waals surface area contributed by atoms with Crippen LogP contribution in [0.15, 0.2) is 36.5 Å². The number of pyridine rings is 1. The molecule has 2 N–H and O–H groups in total. The summed E-state index contributed by atoms with van der Waals surface area (Å²) in [6, 6.07) is 10.7. The summed E-state index contributed by atoms with van der Waals surface area (Å²) >= 11 is 0. The van der Waals surface area contributed by atoms with Gasteiger partial charge in [-0.2, -0.15) is 0 Å². The molecule has 12 heteroatoms. The van der Waals surface area contributed by atoms with E-state index >= 15 is 0 Å². The molecule has 0 radical (unpaired) electrons. The fourth-order valence-electron chi connectivity index (χ4n) is 5.98. The number of piperazine rings is 1. The van der Waals surface area contributed by atoms with Crippen LogP contribution < -0.4 is 20.3 Å². The third-order valence-corrected chi connectivity index (χ3v) is 8.30. The van der Waals surface area contributed by atoms with E-state index in [4.69, 9.17) is 28.7 Å². The fraction of sp³-hybridized carbons (Fsp3) is 0.629. The first-order valence-corrected chi connectivity index (χ1v) is 16.6. The van der Waals surface area contributed by atoms with Gasteiger partial charge < -0.3 is 39.2 Å². The van der Waals surface area contributed by atoms with Crippen LogP contribution in [0.4, 0.5) is 5.69 Å². The standard InChI is InChI=1S/C35H53N5O7/c1-26-22-39(30(21-37-26)24-43-5)23-33(42)40-25-35(3,4)34-32(40)19-29(20-38-34)17-28-7-6-8-31(18-28)47-16-15-46-14-13-45-12-11-44-10-9-36-27(2)41/h6-8,18-20,26,30,37H,9-17,21-25H2,1-5H3,(H,36,41)/t26-,30-/m1/s1. The molecule has 2 aliphatic rings. The van der Waals surface area contributed by atoms with Crippen molar-refractivity contribution in [3.05, 3.63) is 53.3 Å². The number of fused-ring (bicyclic) bond motifs is 1. The Balaban J connectivity index is 1.23. The van der Waals surface area contributed by atoms with Crippen LogP contribution >= 0.6 is 0 Å². The van der Waals surface area contributed by atoms with E-state index in [1.807, 2.05) is 29.3 Å². The second-order valence-corrected chi connectivity index (χ2v) is 12.9. The van der Waals surface area contributed by atoms with Crippen molar-refractivity contribution in [2.24, 2.45) is 0 Å². The molecule has 1 aromatic heterocycles. The van der Waals surface area contributed by atoms with Crippen LogP contribution in [-0.2, 0) is 40.4 Å². The molecule has 1 fully saturated rings. The number of aromatic nitrogens is 1. The van der Waals surface area contributed by atoms with Crippen LogP contribution in [0.5, 0.6) is 5.75 Å². The van der Waals surface area contributed by atoms with Crippen molar-refractivity contribution in [2.45, 2.75) is 51.6 Å². The third kappa shape index (κ3) is 11.5. The number of carbonyl (C=O) groups is 2. The lowest BCUT2D eigenvalue weighted by atomic mass is 9.91. The lowest BCUT2D eigenvalue weighted by Gasteiger charge is -2.39. The summed E-state index contributed by atoms with van der Waals surface area (Å²) in [4.78, 5) is 33.6. The van der Waals surface area contributed by atoms with Crippen molar-refractivity contribution in [3.8, 4) is 5.75 Å². The Morgan fingerprint density at radius 3 is 2.47 bits per heavy atom. The predicted octanol–water partition coefficient (Wildman–Crippen LogP) is 2.17. The van der Waals surface area contributed by atoms with Gasteiger partial charge in [0.15, 0.2) is 0 Å². The van der Waals surface area contributed by atoms with Crippen LogP contribution in [0.3, 0.4) is 0 Å². The van der Waals surface area contributed by atoms with Crippen molar-refractivity contribution < 1.29 is 33.3 Å². The molecule has 260 valence electrons. The second-order valence-electron chi connectivity index (χ2n) is 12.9. The second kappa shape index (κ2) is 18.4. The molecule has 47 heavy (non-hydrogen) atoms. The molecule has 0 aliphatic carbocycles. The van der Waals surface area contributed by atoms with E-state index in [2.05, 4.69) is 48.4 Å². The molecule has 1 aromatic carbocycles. The van der Waals surface area contributed by atoms with Crippen LogP contribution in [0.25, 0.3) is 0 Å². The van der Waals surface area contributed by atoms with Gasteiger partial charge in [0.2, 0.25) is 11.8 Å². The smallest absolute Gasteiger partial charge is 0.241 e. The van der Waals surface area contributed by atoms with E-state index in [1.54, 1.807) is 7.11 Å². The number of methoxy groups -OCH3 is 1. The summed E-state index contributed by atoms with van der Waals surface area (Å²) in [6.07, 6.45) is 2.61. The average Bonchev–Trinajstić information content (AvgIpc) is 3.30. The topological polar surface area (TPSA) is 124 Å². The van der Waals surface area contributed by atoms with Gasteiger partial charge in [0.05, 0.1) is 64.2 Å². The molecule has 0 bridgehead atoms. The first-order valence-electron chi connectivity index (χ1n) is 16.6. The first kappa shape index (κ1) is 36.7. The number of nitrogens with one attached hydrogen (secondary N) is 2. The van der Waals surface area contributed by atoms with Gasteiger partial charge in [-0.3, -0.25) is 19.5 Å². The van der Waals surface area contributed by atoms with Gasteiger partial charge >= 0.3 is 0 Å². The van der Waals surface area contributed by atoms with Gasteiger partial charge in [0, 0.05) is 63.9 Å². The number of ether oxygens (including phenoxy) is 5. The quantitative estimate of drug-likeness (QED) is 0.218. The molecule has 3 heterocycles. The highest BCUT2D eigenvalue weighted by Gasteiger charge is 2.40. The van der Waals surface area contributed by atoms with Crippen molar-refractivity contribution in [2.75, 3.05) is 97.6 Å². The van der Waals surface area contributed by atoms with Crippen molar-refractivity contribution in [1.82, 2.24) is 20.5 Å². The van der Waals surface area contributed by atoms with Gasteiger partial charge in [0.1, 0.15) is 12.4 Å². The number of benzene rings is 1. The Bertz CT molecular complexity index is 1290. The largest absolute Gasteiger partial charge is 0.491 e. The lowest BCUT2D eigenvalue weighted by molar-refractivity contribution is -0.121. The number of rotatable bonds is 19. The zero-order valence-electron chi connectivity index (χ0n) is 28.7. The normalized spacial score (nSPS) is 19.0. The predicted molar refractivity (Wildman–Crippen MR) is 180 cm³/mol. The Morgan fingerprint density at radius 1 is 1.02 bits per heavy atom. The highest BCUT2D eigenvalue weighted by molar-refractivity contribution is 5.97. The number of anilines is 1.